The minimum atomic E-state index is -0.0913. The summed E-state index contributed by atoms with van der Waals surface area (Å²) in [6, 6.07) is 58.9. The zero-order valence-corrected chi connectivity index (χ0v) is 31.7. The highest BCUT2D eigenvalue weighted by atomic mass is 32.1. The summed E-state index contributed by atoms with van der Waals surface area (Å²) < 4.78 is 2.65. The monoisotopic (exact) mass is 731 g/mol. The van der Waals surface area contributed by atoms with E-state index in [1.807, 2.05) is 35.6 Å². The summed E-state index contributed by atoms with van der Waals surface area (Å²) in [5.74, 6) is 1.95. The Bertz CT molecular complexity index is 3270. The Labute approximate surface area is 328 Å². The fourth-order valence-corrected chi connectivity index (χ4v) is 10.6. The summed E-state index contributed by atoms with van der Waals surface area (Å²) >= 11 is 1.91. The van der Waals surface area contributed by atoms with Crippen LogP contribution in [0.4, 0.5) is 0 Å². The molecule has 0 fully saturated rings. The Balaban J connectivity index is 1.08. The van der Waals surface area contributed by atoms with Crippen LogP contribution in [0, 0.1) is 0 Å². The Kier molecular flexibility index (Phi) is 6.56. The number of thiophene rings is 1. The first-order valence-corrected chi connectivity index (χ1v) is 20.0. The zero-order chi connectivity index (χ0) is 37.1. The number of hydrogen-bond donors (Lipinski definition) is 0. The van der Waals surface area contributed by atoms with E-state index in [1.54, 1.807) is 0 Å². The van der Waals surface area contributed by atoms with Gasteiger partial charge < -0.3 is 0 Å². The standard InChI is InChI=1S/C52H33N3S/c1-52(2)40-23-11-21-36-37-22-12-24-42-45(37)48-43(56-42)29-39(38-25-26-41(52)47(44(36)40)46(38)48)33-18-10-20-35(28-33)51-54-49(31-15-7-4-8-16-31)53-50(55-51)34-19-9-17-32(27-34)30-13-5-3-6-14-30/h3-29H,1-2H3. The predicted molar refractivity (Wildman–Crippen MR) is 234 cm³/mol. The SMILES string of the molecule is CC1(C)c2cccc3c2-c2c1ccc1c(-c4cccc(-c5nc(-c6ccccc6)nc(-c6cccc(-c7ccccc7)c6)n5)c4)cc4sc5cccc-3c5c4c21. The van der Waals surface area contributed by atoms with E-state index in [4.69, 9.17) is 15.0 Å². The first-order valence-electron chi connectivity index (χ1n) is 19.2. The largest absolute Gasteiger partial charge is 0.208 e. The van der Waals surface area contributed by atoms with Gasteiger partial charge in [-0.3, -0.25) is 0 Å². The van der Waals surface area contributed by atoms with Crippen molar-refractivity contribution in [3.05, 3.63) is 175 Å². The normalized spacial score (nSPS) is 13.3. The summed E-state index contributed by atoms with van der Waals surface area (Å²) in [6.07, 6.45) is 0. The van der Waals surface area contributed by atoms with Crippen LogP contribution >= 0.6 is 11.3 Å². The van der Waals surface area contributed by atoms with Crippen LogP contribution in [0.15, 0.2) is 164 Å². The minimum Gasteiger partial charge on any atom is -0.208 e. The van der Waals surface area contributed by atoms with Gasteiger partial charge in [0, 0.05) is 42.3 Å². The third kappa shape index (κ3) is 4.48. The molecule has 2 aliphatic rings. The van der Waals surface area contributed by atoms with E-state index in [9.17, 15) is 0 Å². The summed E-state index contributed by atoms with van der Waals surface area (Å²) in [7, 11) is 0. The number of rotatable bonds is 5. The van der Waals surface area contributed by atoms with Gasteiger partial charge in [0.25, 0.3) is 0 Å². The maximum absolute atomic E-state index is 5.18. The molecule has 0 bridgehead atoms. The molecule has 0 saturated heterocycles. The molecular formula is C52H33N3S. The van der Waals surface area contributed by atoms with Crippen molar-refractivity contribution in [3.63, 3.8) is 0 Å². The van der Waals surface area contributed by atoms with Gasteiger partial charge in [0.15, 0.2) is 17.5 Å². The highest BCUT2D eigenvalue weighted by molar-refractivity contribution is 7.26. The summed E-state index contributed by atoms with van der Waals surface area (Å²) in [4.78, 5) is 15.4. The molecule has 0 spiro atoms. The Morgan fingerprint density at radius 3 is 1.70 bits per heavy atom. The molecule has 12 rings (SSSR count). The summed E-state index contributed by atoms with van der Waals surface area (Å²) in [6.45, 7) is 4.78. The van der Waals surface area contributed by atoms with Crippen molar-refractivity contribution in [3.8, 4) is 78.7 Å². The van der Waals surface area contributed by atoms with Crippen molar-refractivity contribution in [2.24, 2.45) is 0 Å². The Morgan fingerprint density at radius 2 is 0.946 bits per heavy atom. The quantitative estimate of drug-likeness (QED) is 0.177. The van der Waals surface area contributed by atoms with E-state index in [0.29, 0.717) is 17.5 Å². The van der Waals surface area contributed by atoms with E-state index in [-0.39, 0.29) is 5.41 Å². The van der Waals surface area contributed by atoms with Gasteiger partial charge >= 0.3 is 0 Å². The van der Waals surface area contributed by atoms with Crippen LogP contribution in [0.3, 0.4) is 0 Å². The van der Waals surface area contributed by atoms with Crippen molar-refractivity contribution in [2.75, 3.05) is 0 Å². The molecule has 0 unspecified atom stereocenters. The van der Waals surface area contributed by atoms with Crippen molar-refractivity contribution < 1.29 is 0 Å². The average Bonchev–Trinajstić information content (AvgIpc) is 3.71. The highest BCUT2D eigenvalue weighted by Gasteiger charge is 2.40. The molecular weight excluding hydrogens is 699 g/mol. The Hall–Kier alpha value is -6.75. The van der Waals surface area contributed by atoms with E-state index < -0.39 is 0 Å². The fraction of sp³-hybridized carbons (Fsp3) is 0.0577. The van der Waals surface area contributed by atoms with E-state index in [2.05, 4.69) is 153 Å². The van der Waals surface area contributed by atoms with Gasteiger partial charge in [-0.25, -0.2) is 15.0 Å². The molecule has 0 radical (unpaired) electrons. The van der Waals surface area contributed by atoms with Gasteiger partial charge in [0.1, 0.15) is 0 Å². The van der Waals surface area contributed by atoms with Crippen LogP contribution in [0.1, 0.15) is 25.0 Å². The van der Waals surface area contributed by atoms with E-state index >= 15 is 0 Å². The maximum Gasteiger partial charge on any atom is 0.164 e. The lowest BCUT2D eigenvalue weighted by Gasteiger charge is -2.22. The highest BCUT2D eigenvalue weighted by Crippen LogP contribution is 2.60. The number of nitrogens with zero attached hydrogens (tertiary/aromatic N) is 3. The van der Waals surface area contributed by atoms with Gasteiger partial charge in [-0.1, -0.05) is 153 Å². The second-order valence-corrected chi connectivity index (χ2v) is 16.6. The van der Waals surface area contributed by atoms with Gasteiger partial charge in [-0.05, 0) is 90.7 Å². The van der Waals surface area contributed by atoms with Gasteiger partial charge in [0.05, 0.1) is 0 Å². The molecule has 0 N–H and O–H groups in total. The lowest BCUT2D eigenvalue weighted by molar-refractivity contribution is 0.661. The predicted octanol–water partition coefficient (Wildman–Crippen LogP) is 14.0. The fourth-order valence-electron chi connectivity index (χ4n) is 9.41. The van der Waals surface area contributed by atoms with Gasteiger partial charge in [-0.2, -0.15) is 0 Å². The van der Waals surface area contributed by atoms with Crippen molar-refractivity contribution in [2.45, 2.75) is 19.3 Å². The molecule has 0 atom stereocenters. The third-order valence-electron chi connectivity index (χ3n) is 12.0. The minimum absolute atomic E-state index is 0.0913. The molecule has 2 heterocycles. The molecule has 0 amide bonds. The van der Waals surface area contributed by atoms with Gasteiger partial charge in [-0.15, -0.1) is 11.3 Å². The summed E-state index contributed by atoms with van der Waals surface area (Å²) in [5.41, 5.74) is 15.7. The second kappa shape index (κ2) is 11.6. The van der Waals surface area contributed by atoms with Crippen LogP contribution in [0.25, 0.3) is 110 Å². The number of fused-ring (bicyclic) bond motifs is 1. The molecule has 4 heteroatoms. The molecule has 0 aliphatic heterocycles. The number of hydrogen-bond acceptors (Lipinski definition) is 4. The van der Waals surface area contributed by atoms with Crippen LogP contribution in [-0.2, 0) is 5.41 Å². The van der Waals surface area contributed by atoms with Crippen molar-refractivity contribution in [1.82, 2.24) is 15.0 Å². The summed E-state index contributed by atoms with van der Waals surface area (Å²) in [5, 5.41) is 5.43. The molecule has 2 aliphatic carbocycles. The second-order valence-electron chi connectivity index (χ2n) is 15.5. The molecule has 8 aromatic carbocycles. The van der Waals surface area contributed by atoms with Crippen molar-refractivity contribution >= 4 is 42.3 Å². The molecule has 2 aromatic heterocycles. The number of benzene rings is 8. The first-order chi connectivity index (χ1) is 27.5. The zero-order valence-electron chi connectivity index (χ0n) is 30.8. The van der Waals surface area contributed by atoms with E-state index in [1.165, 1.54) is 69.9 Å². The molecule has 10 aromatic rings. The molecule has 0 saturated carbocycles. The number of aromatic nitrogens is 3. The average molecular weight is 732 g/mol. The Morgan fingerprint density at radius 1 is 0.375 bits per heavy atom. The van der Waals surface area contributed by atoms with Crippen LogP contribution in [0.5, 0.6) is 0 Å². The lowest BCUT2D eigenvalue weighted by Crippen LogP contribution is -2.14. The van der Waals surface area contributed by atoms with Crippen LogP contribution in [0.2, 0.25) is 0 Å². The van der Waals surface area contributed by atoms with Crippen LogP contribution in [-0.4, -0.2) is 15.0 Å². The lowest BCUT2D eigenvalue weighted by atomic mass is 9.80. The maximum atomic E-state index is 5.18. The first kappa shape index (κ1) is 31.6. The molecule has 56 heavy (non-hydrogen) atoms. The topological polar surface area (TPSA) is 38.7 Å². The van der Waals surface area contributed by atoms with E-state index in [0.717, 1.165) is 33.4 Å². The molecule has 262 valence electrons. The smallest absolute Gasteiger partial charge is 0.164 e. The van der Waals surface area contributed by atoms with Crippen molar-refractivity contribution in [1.29, 1.82) is 0 Å². The van der Waals surface area contributed by atoms with Crippen LogP contribution < -0.4 is 0 Å². The third-order valence-corrected chi connectivity index (χ3v) is 13.1. The van der Waals surface area contributed by atoms with Gasteiger partial charge in [0.2, 0.25) is 0 Å². The molecule has 3 nitrogen and oxygen atoms in total.